The SMILES string of the molecule is CC[C@H](C)NC(=O)CCN(C[C@@H]1CCCO1)C(=O)c1ccoc1. The minimum Gasteiger partial charge on any atom is -0.472 e. The Morgan fingerprint density at radius 1 is 1.48 bits per heavy atom. The van der Waals surface area contributed by atoms with Crippen molar-refractivity contribution in [1.29, 1.82) is 0 Å². The third-order valence-electron chi connectivity index (χ3n) is 4.13. The lowest BCUT2D eigenvalue weighted by atomic mass is 10.2. The molecule has 1 aromatic heterocycles. The number of nitrogens with one attached hydrogen (secondary N) is 1. The highest BCUT2D eigenvalue weighted by molar-refractivity contribution is 5.94. The largest absolute Gasteiger partial charge is 0.472 e. The summed E-state index contributed by atoms with van der Waals surface area (Å²) >= 11 is 0. The molecule has 1 saturated heterocycles. The van der Waals surface area contributed by atoms with Crippen molar-refractivity contribution in [3.63, 3.8) is 0 Å². The first-order valence-corrected chi connectivity index (χ1v) is 8.32. The second-order valence-corrected chi connectivity index (χ2v) is 6.03. The summed E-state index contributed by atoms with van der Waals surface area (Å²) in [4.78, 5) is 26.2. The Balaban J connectivity index is 1.92. The summed E-state index contributed by atoms with van der Waals surface area (Å²) in [6.45, 7) is 5.63. The summed E-state index contributed by atoms with van der Waals surface area (Å²) in [5.74, 6) is -0.151. The van der Waals surface area contributed by atoms with Gasteiger partial charge in [0.05, 0.1) is 17.9 Å². The van der Waals surface area contributed by atoms with E-state index in [4.69, 9.17) is 9.15 Å². The molecule has 0 bridgehead atoms. The van der Waals surface area contributed by atoms with E-state index < -0.39 is 0 Å². The van der Waals surface area contributed by atoms with Crippen molar-refractivity contribution in [3.8, 4) is 0 Å². The minimum absolute atomic E-state index is 0.0308. The highest BCUT2D eigenvalue weighted by Gasteiger charge is 2.24. The van der Waals surface area contributed by atoms with Crippen molar-refractivity contribution in [2.75, 3.05) is 19.7 Å². The fourth-order valence-corrected chi connectivity index (χ4v) is 2.56. The van der Waals surface area contributed by atoms with E-state index in [0.29, 0.717) is 25.1 Å². The first-order valence-electron chi connectivity index (χ1n) is 8.32. The Labute approximate surface area is 137 Å². The molecule has 1 aromatic rings. The summed E-state index contributed by atoms with van der Waals surface area (Å²) < 4.78 is 10.6. The summed E-state index contributed by atoms with van der Waals surface area (Å²) in [7, 11) is 0. The Morgan fingerprint density at radius 2 is 2.30 bits per heavy atom. The third kappa shape index (κ3) is 5.39. The Hall–Kier alpha value is -1.82. The van der Waals surface area contributed by atoms with Crippen LogP contribution in [0.15, 0.2) is 23.0 Å². The first-order chi connectivity index (χ1) is 11.1. The molecule has 6 nitrogen and oxygen atoms in total. The molecule has 1 aliphatic rings. The maximum absolute atomic E-state index is 12.6. The van der Waals surface area contributed by atoms with Gasteiger partial charge in [-0.1, -0.05) is 6.92 Å². The topological polar surface area (TPSA) is 71.8 Å². The van der Waals surface area contributed by atoms with Gasteiger partial charge in [0.15, 0.2) is 0 Å². The van der Waals surface area contributed by atoms with Gasteiger partial charge >= 0.3 is 0 Å². The third-order valence-corrected chi connectivity index (χ3v) is 4.13. The zero-order valence-electron chi connectivity index (χ0n) is 13.9. The number of nitrogens with zero attached hydrogens (tertiary/aromatic N) is 1. The van der Waals surface area contributed by atoms with E-state index >= 15 is 0 Å². The smallest absolute Gasteiger partial charge is 0.257 e. The van der Waals surface area contributed by atoms with Gasteiger partial charge in [-0.3, -0.25) is 9.59 Å². The number of rotatable bonds is 8. The standard InChI is InChI=1S/C17H26N2O4/c1-3-13(2)18-16(20)6-8-19(11-15-5-4-9-23-15)17(21)14-7-10-22-12-14/h7,10,12-13,15H,3-6,8-9,11H2,1-2H3,(H,18,20)/t13-,15-/m0/s1. The van der Waals surface area contributed by atoms with Crippen LogP contribution in [0.3, 0.4) is 0 Å². The van der Waals surface area contributed by atoms with Gasteiger partial charge in [0.25, 0.3) is 5.91 Å². The van der Waals surface area contributed by atoms with Gasteiger partial charge in [-0.05, 0) is 32.3 Å². The predicted molar refractivity (Wildman–Crippen MR) is 86.1 cm³/mol. The average Bonchev–Trinajstić information content (AvgIpc) is 3.23. The highest BCUT2D eigenvalue weighted by Crippen LogP contribution is 2.15. The molecule has 2 heterocycles. The van der Waals surface area contributed by atoms with E-state index in [1.54, 1.807) is 11.0 Å². The van der Waals surface area contributed by atoms with Gasteiger partial charge in [0.1, 0.15) is 6.26 Å². The lowest BCUT2D eigenvalue weighted by molar-refractivity contribution is -0.121. The molecule has 2 atom stereocenters. The number of carbonyl (C=O) groups is 2. The van der Waals surface area contributed by atoms with Crippen LogP contribution in [-0.4, -0.2) is 48.6 Å². The maximum atomic E-state index is 12.6. The van der Waals surface area contributed by atoms with Crippen molar-refractivity contribution in [3.05, 3.63) is 24.2 Å². The molecule has 0 saturated carbocycles. The lowest BCUT2D eigenvalue weighted by Crippen LogP contribution is -2.40. The number of hydrogen-bond donors (Lipinski definition) is 1. The molecule has 2 rings (SSSR count). The summed E-state index contributed by atoms with van der Waals surface area (Å²) in [6.07, 6.45) is 6.13. The number of ether oxygens (including phenoxy) is 1. The van der Waals surface area contributed by atoms with Crippen molar-refractivity contribution in [2.45, 2.75) is 51.7 Å². The van der Waals surface area contributed by atoms with Gasteiger partial charge in [-0.25, -0.2) is 0 Å². The lowest BCUT2D eigenvalue weighted by Gasteiger charge is -2.25. The molecule has 0 unspecified atom stereocenters. The van der Waals surface area contributed by atoms with Crippen LogP contribution in [0.1, 0.15) is 49.9 Å². The van der Waals surface area contributed by atoms with Crippen molar-refractivity contribution in [2.24, 2.45) is 0 Å². The van der Waals surface area contributed by atoms with Crippen LogP contribution in [0.25, 0.3) is 0 Å². The predicted octanol–water partition coefficient (Wildman–Crippen LogP) is 2.21. The van der Waals surface area contributed by atoms with Crippen LogP contribution in [0.2, 0.25) is 0 Å². The van der Waals surface area contributed by atoms with Crippen LogP contribution >= 0.6 is 0 Å². The van der Waals surface area contributed by atoms with E-state index in [2.05, 4.69) is 5.32 Å². The molecule has 0 aromatic carbocycles. The Bertz CT molecular complexity index is 495. The van der Waals surface area contributed by atoms with Crippen LogP contribution in [-0.2, 0) is 9.53 Å². The molecule has 2 amide bonds. The summed E-state index contributed by atoms with van der Waals surface area (Å²) in [6, 6.07) is 1.79. The van der Waals surface area contributed by atoms with Crippen LogP contribution < -0.4 is 5.32 Å². The van der Waals surface area contributed by atoms with Crippen LogP contribution in [0, 0.1) is 0 Å². The van der Waals surface area contributed by atoms with Crippen molar-refractivity contribution >= 4 is 11.8 Å². The van der Waals surface area contributed by atoms with Crippen LogP contribution in [0.4, 0.5) is 0 Å². The van der Waals surface area contributed by atoms with Crippen LogP contribution in [0.5, 0.6) is 0 Å². The van der Waals surface area contributed by atoms with E-state index in [1.165, 1.54) is 12.5 Å². The fourth-order valence-electron chi connectivity index (χ4n) is 2.56. The van der Waals surface area contributed by atoms with Gasteiger partial charge in [-0.15, -0.1) is 0 Å². The number of hydrogen-bond acceptors (Lipinski definition) is 4. The maximum Gasteiger partial charge on any atom is 0.257 e. The summed E-state index contributed by atoms with van der Waals surface area (Å²) in [5.41, 5.74) is 0.505. The molecule has 1 N–H and O–H groups in total. The molecule has 0 spiro atoms. The fraction of sp³-hybridized carbons (Fsp3) is 0.647. The molecule has 1 fully saturated rings. The number of furan rings is 1. The monoisotopic (exact) mass is 322 g/mol. The molecular weight excluding hydrogens is 296 g/mol. The van der Waals surface area contributed by atoms with E-state index in [0.717, 1.165) is 25.9 Å². The minimum atomic E-state index is -0.120. The van der Waals surface area contributed by atoms with Gasteiger partial charge in [0.2, 0.25) is 5.91 Å². The van der Waals surface area contributed by atoms with Crippen molar-refractivity contribution in [1.82, 2.24) is 10.2 Å². The quantitative estimate of drug-likeness (QED) is 0.796. The van der Waals surface area contributed by atoms with E-state index in [9.17, 15) is 9.59 Å². The van der Waals surface area contributed by atoms with E-state index in [1.807, 2.05) is 13.8 Å². The number of amides is 2. The normalized spacial score (nSPS) is 18.6. The first kappa shape index (κ1) is 17.5. The van der Waals surface area contributed by atoms with Gasteiger partial charge < -0.3 is 19.4 Å². The second kappa shape index (κ2) is 8.72. The van der Waals surface area contributed by atoms with Gasteiger partial charge in [-0.2, -0.15) is 0 Å². The number of carbonyl (C=O) groups excluding carboxylic acids is 2. The molecule has 23 heavy (non-hydrogen) atoms. The summed E-state index contributed by atoms with van der Waals surface area (Å²) in [5, 5.41) is 2.93. The molecule has 128 valence electrons. The second-order valence-electron chi connectivity index (χ2n) is 6.03. The molecule has 1 aliphatic heterocycles. The zero-order chi connectivity index (χ0) is 16.7. The molecule has 6 heteroatoms. The molecule has 0 aliphatic carbocycles. The van der Waals surface area contributed by atoms with Gasteiger partial charge in [0, 0.05) is 32.2 Å². The average molecular weight is 322 g/mol. The van der Waals surface area contributed by atoms with E-state index in [-0.39, 0.29) is 24.0 Å². The zero-order valence-corrected chi connectivity index (χ0v) is 13.9. The Morgan fingerprint density at radius 3 is 2.91 bits per heavy atom. The molecular formula is C17H26N2O4. The highest BCUT2D eigenvalue weighted by atomic mass is 16.5. The Kier molecular flexibility index (Phi) is 6.65. The molecule has 0 radical (unpaired) electrons. The van der Waals surface area contributed by atoms with Crippen molar-refractivity contribution < 1.29 is 18.7 Å².